The summed E-state index contributed by atoms with van der Waals surface area (Å²) in [5.74, 6) is -0.596. The minimum atomic E-state index is -0.909. The average molecular weight is 317 g/mol. The zero-order chi connectivity index (χ0) is 16.4. The van der Waals surface area contributed by atoms with Gasteiger partial charge in [-0.1, -0.05) is 25.0 Å². The van der Waals surface area contributed by atoms with Crippen molar-refractivity contribution in [2.75, 3.05) is 20.2 Å². The van der Waals surface area contributed by atoms with E-state index >= 15 is 0 Å². The molecule has 1 saturated carbocycles. The molecule has 124 valence electrons. The quantitative estimate of drug-likeness (QED) is 0.865. The first-order chi connectivity index (χ1) is 11.0. The number of carboxylic acids is 1. The number of esters is 1. The lowest BCUT2D eigenvalue weighted by Gasteiger charge is -2.35. The summed E-state index contributed by atoms with van der Waals surface area (Å²) < 4.78 is 5.10. The maximum Gasteiger partial charge on any atom is 0.335 e. The second-order valence-electron chi connectivity index (χ2n) is 6.76. The van der Waals surface area contributed by atoms with Gasteiger partial charge in [0.1, 0.15) is 0 Å². The Kier molecular flexibility index (Phi) is 4.39. The van der Waals surface area contributed by atoms with Gasteiger partial charge in [0, 0.05) is 19.6 Å². The van der Waals surface area contributed by atoms with Gasteiger partial charge < -0.3 is 9.84 Å². The Morgan fingerprint density at radius 3 is 2.70 bits per heavy atom. The second kappa shape index (κ2) is 6.32. The lowest BCUT2D eigenvalue weighted by atomic mass is 9.68. The van der Waals surface area contributed by atoms with E-state index in [0.29, 0.717) is 11.5 Å². The highest BCUT2D eigenvalue weighted by Gasteiger charge is 2.53. The van der Waals surface area contributed by atoms with E-state index in [1.807, 2.05) is 12.1 Å². The molecular formula is C18H23NO4. The number of ether oxygens (including phenoxy) is 1. The van der Waals surface area contributed by atoms with Crippen LogP contribution < -0.4 is 0 Å². The number of fused-ring (bicyclic) bond motifs is 1. The molecule has 0 aromatic heterocycles. The lowest BCUT2D eigenvalue weighted by molar-refractivity contribution is -0.156. The summed E-state index contributed by atoms with van der Waals surface area (Å²) in [7, 11) is 1.48. The number of carbonyl (C=O) groups excluding carboxylic acids is 1. The molecular weight excluding hydrogens is 294 g/mol. The van der Waals surface area contributed by atoms with Gasteiger partial charge in [-0.25, -0.2) is 4.79 Å². The van der Waals surface area contributed by atoms with Crippen molar-refractivity contribution in [1.82, 2.24) is 4.90 Å². The number of benzene rings is 1. The summed E-state index contributed by atoms with van der Waals surface area (Å²) in [5.41, 5.74) is 1.04. The Labute approximate surface area is 136 Å². The molecule has 0 radical (unpaired) electrons. The molecule has 1 aromatic rings. The molecule has 2 aliphatic rings. The summed E-state index contributed by atoms with van der Waals surface area (Å²) in [6.07, 6.45) is 4.28. The topological polar surface area (TPSA) is 66.8 Å². The minimum Gasteiger partial charge on any atom is -0.478 e. The van der Waals surface area contributed by atoms with Gasteiger partial charge in [-0.3, -0.25) is 9.69 Å². The number of methoxy groups -OCH3 is 1. The first-order valence-corrected chi connectivity index (χ1v) is 8.18. The highest BCUT2D eigenvalue weighted by atomic mass is 16.5. The van der Waals surface area contributed by atoms with Crippen molar-refractivity contribution >= 4 is 11.9 Å². The standard InChI is InChI=1S/C18H23NO4/c1-23-17(22)18-9-3-2-4-15(18)11-19(12-18)10-13-5-7-14(8-6-13)16(20)21/h5-8,15H,2-4,9-12H2,1H3,(H,20,21)/t15-,18-/m1/s1. The molecule has 1 heterocycles. The molecule has 5 nitrogen and oxygen atoms in total. The molecule has 0 amide bonds. The van der Waals surface area contributed by atoms with Gasteiger partial charge in [0.05, 0.1) is 18.1 Å². The van der Waals surface area contributed by atoms with Crippen LogP contribution >= 0.6 is 0 Å². The zero-order valence-corrected chi connectivity index (χ0v) is 13.5. The molecule has 1 aliphatic carbocycles. The number of aromatic carboxylic acids is 1. The summed E-state index contributed by atoms with van der Waals surface area (Å²) in [5, 5.41) is 8.96. The van der Waals surface area contributed by atoms with Gasteiger partial charge in [0.2, 0.25) is 0 Å². The van der Waals surface area contributed by atoms with Crippen LogP contribution in [0.4, 0.5) is 0 Å². The van der Waals surface area contributed by atoms with Gasteiger partial charge in [-0.05, 0) is 36.5 Å². The van der Waals surface area contributed by atoms with E-state index in [1.165, 1.54) is 13.5 Å². The van der Waals surface area contributed by atoms with E-state index in [-0.39, 0.29) is 11.4 Å². The fraction of sp³-hybridized carbons (Fsp3) is 0.556. The van der Waals surface area contributed by atoms with Gasteiger partial charge in [0.25, 0.3) is 0 Å². The third kappa shape index (κ3) is 2.98. The van der Waals surface area contributed by atoms with Gasteiger partial charge in [-0.15, -0.1) is 0 Å². The Morgan fingerprint density at radius 2 is 2.04 bits per heavy atom. The van der Waals surface area contributed by atoms with Crippen molar-refractivity contribution in [2.45, 2.75) is 32.2 Å². The third-order valence-corrected chi connectivity index (χ3v) is 5.39. The maximum absolute atomic E-state index is 12.4. The number of carboxylic acid groups (broad SMARTS) is 1. The maximum atomic E-state index is 12.4. The van der Waals surface area contributed by atoms with Crippen LogP contribution in [0.2, 0.25) is 0 Å². The van der Waals surface area contributed by atoms with E-state index in [0.717, 1.165) is 44.5 Å². The molecule has 2 atom stereocenters. The summed E-state index contributed by atoms with van der Waals surface area (Å²) in [6.45, 7) is 2.40. The predicted octanol–water partition coefficient (Wildman–Crippen LogP) is 2.55. The van der Waals surface area contributed by atoms with Gasteiger partial charge in [0.15, 0.2) is 0 Å². The van der Waals surface area contributed by atoms with Crippen molar-refractivity contribution in [2.24, 2.45) is 11.3 Å². The summed E-state index contributed by atoms with van der Waals surface area (Å²) >= 11 is 0. The number of likely N-dealkylation sites (tertiary alicyclic amines) is 1. The minimum absolute atomic E-state index is 0.0640. The molecule has 3 rings (SSSR count). The molecule has 23 heavy (non-hydrogen) atoms. The number of nitrogens with zero attached hydrogens (tertiary/aromatic N) is 1. The fourth-order valence-corrected chi connectivity index (χ4v) is 4.23. The van der Waals surface area contributed by atoms with Crippen molar-refractivity contribution < 1.29 is 19.4 Å². The van der Waals surface area contributed by atoms with E-state index < -0.39 is 5.97 Å². The van der Waals surface area contributed by atoms with E-state index in [2.05, 4.69) is 4.90 Å². The molecule has 1 N–H and O–H groups in total. The van der Waals surface area contributed by atoms with E-state index in [9.17, 15) is 9.59 Å². The summed E-state index contributed by atoms with van der Waals surface area (Å²) in [6, 6.07) is 6.99. The Bertz CT molecular complexity index is 598. The SMILES string of the molecule is COC(=O)[C@@]12CCCC[C@@H]1CN(Cc1ccc(C(=O)O)cc1)C2. The number of carbonyl (C=O) groups is 2. The van der Waals surface area contributed by atoms with Crippen LogP contribution in [-0.2, 0) is 16.1 Å². The Morgan fingerprint density at radius 1 is 1.30 bits per heavy atom. The zero-order valence-electron chi connectivity index (χ0n) is 13.5. The van der Waals surface area contributed by atoms with Gasteiger partial charge >= 0.3 is 11.9 Å². The largest absolute Gasteiger partial charge is 0.478 e. The van der Waals surface area contributed by atoms with Crippen LogP contribution in [0.1, 0.15) is 41.6 Å². The van der Waals surface area contributed by atoms with Crippen LogP contribution in [0.15, 0.2) is 24.3 Å². The molecule has 5 heteroatoms. The van der Waals surface area contributed by atoms with E-state index in [1.54, 1.807) is 12.1 Å². The molecule has 0 bridgehead atoms. The molecule has 0 spiro atoms. The number of hydrogen-bond acceptors (Lipinski definition) is 4. The lowest BCUT2D eigenvalue weighted by Crippen LogP contribution is -2.42. The monoisotopic (exact) mass is 317 g/mol. The van der Waals surface area contributed by atoms with Crippen LogP contribution in [-0.4, -0.2) is 42.1 Å². The van der Waals surface area contributed by atoms with Crippen molar-refractivity contribution in [1.29, 1.82) is 0 Å². The highest BCUT2D eigenvalue weighted by molar-refractivity contribution is 5.87. The molecule has 2 fully saturated rings. The summed E-state index contributed by atoms with van der Waals surface area (Å²) in [4.78, 5) is 25.6. The van der Waals surface area contributed by atoms with E-state index in [4.69, 9.17) is 9.84 Å². The van der Waals surface area contributed by atoms with Crippen LogP contribution in [0.3, 0.4) is 0 Å². The van der Waals surface area contributed by atoms with Crippen LogP contribution in [0.5, 0.6) is 0 Å². The fourth-order valence-electron chi connectivity index (χ4n) is 4.23. The number of hydrogen-bond donors (Lipinski definition) is 1. The molecule has 1 aliphatic heterocycles. The van der Waals surface area contributed by atoms with Crippen molar-refractivity contribution in [3.05, 3.63) is 35.4 Å². The van der Waals surface area contributed by atoms with Gasteiger partial charge in [-0.2, -0.15) is 0 Å². The molecule has 0 unspecified atom stereocenters. The van der Waals surface area contributed by atoms with Crippen molar-refractivity contribution in [3.8, 4) is 0 Å². The molecule has 1 aromatic carbocycles. The van der Waals surface area contributed by atoms with Crippen LogP contribution in [0.25, 0.3) is 0 Å². The average Bonchev–Trinajstić information content (AvgIpc) is 2.93. The normalized spacial score (nSPS) is 27.4. The van der Waals surface area contributed by atoms with Crippen molar-refractivity contribution in [3.63, 3.8) is 0 Å². The second-order valence-corrected chi connectivity index (χ2v) is 6.76. The Hall–Kier alpha value is -1.88. The van der Waals surface area contributed by atoms with Crippen LogP contribution in [0, 0.1) is 11.3 Å². The first-order valence-electron chi connectivity index (χ1n) is 8.18. The Balaban J connectivity index is 1.72. The highest BCUT2D eigenvalue weighted by Crippen LogP contribution is 2.47. The third-order valence-electron chi connectivity index (χ3n) is 5.39. The number of rotatable bonds is 4. The molecule has 1 saturated heterocycles. The smallest absolute Gasteiger partial charge is 0.335 e. The first kappa shape index (κ1) is 16.0. The predicted molar refractivity (Wildman–Crippen MR) is 85.1 cm³/mol.